The topological polar surface area (TPSA) is 30.3 Å². The highest BCUT2D eigenvalue weighted by atomic mass is 15.3. The second kappa shape index (κ2) is 5.51. The lowest BCUT2D eigenvalue weighted by molar-refractivity contribution is 0.0835. The number of hydrogen-bond donors (Lipinski definition) is 0. The molecule has 3 heteroatoms. The van der Waals surface area contributed by atoms with E-state index in [2.05, 4.69) is 42.0 Å². The zero-order chi connectivity index (χ0) is 13.0. The fraction of sp³-hybridized carbons (Fsp3) is 0.533. The van der Waals surface area contributed by atoms with E-state index in [1.807, 2.05) is 18.2 Å². The monoisotopic (exact) mass is 243 g/mol. The first-order valence-corrected chi connectivity index (χ1v) is 6.53. The van der Waals surface area contributed by atoms with Crippen molar-refractivity contribution in [2.45, 2.75) is 18.9 Å². The zero-order valence-corrected chi connectivity index (χ0v) is 11.3. The maximum Gasteiger partial charge on any atom is 0.110 e. The summed E-state index contributed by atoms with van der Waals surface area (Å²) in [5.74, 6) is 0. The van der Waals surface area contributed by atoms with Crippen LogP contribution in [-0.4, -0.2) is 48.6 Å². The van der Waals surface area contributed by atoms with Crippen LogP contribution < -0.4 is 0 Å². The largest absolute Gasteiger partial charge is 0.304 e. The van der Waals surface area contributed by atoms with E-state index >= 15 is 0 Å². The molecule has 0 N–H and O–H groups in total. The number of piperazine rings is 1. The molecule has 0 aliphatic carbocycles. The minimum absolute atomic E-state index is 0.386. The second-order valence-corrected chi connectivity index (χ2v) is 5.34. The molecule has 1 atom stereocenters. The van der Waals surface area contributed by atoms with Crippen LogP contribution in [0.1, 0.15) is 12.5 Å². The van der Waals surface area contributed by atoms with Crippen molar-refractivity contribution < 1.29 is 0 Å². The SMILES string of the molecule is CN1CCN(C(C)(C#N)Cc2ccccc2)CC1. The summed E-state index contributed by atoms with van der Waals surface area (Å²) in [6, 6.07) is 12.8. The lowest BCUT2D eigenvalue weighted by Gasteiger charge is -2.41. The predicted molar refractivity (Wildman–Crippen MR) is 73.2 cm³/mol. The van der Waals surface area contributed by atoms with E-state index in [1.165, 1.54) is 5.56 Å². The van der Waals surface area contributed by atoms with Crippen molar-refractivity contribution in [2.24, 2.45) is 0 Å². The average Bonchev–Trinajstić information content (AvgIpc) is 2.40. The number of hydrogen-bond acceptors (Lipinski definition) is 3. The number of nitrogens with zero attached hydrogens (tertiary/aromatic N) is 3. The molecule has 0 amide bonds. The van der Waals surface area contributed by atoms with Crippen LogP contribution in [-0.2, 0) is 6.42 Å². The van der Waals surface area contributed by atoms with Crippen LogP contribution in [0.3, 0.4) is 0 Å². The summed E-state index contributed by atoms with van der Waals surface area (Å²) in [6.45, 7) is 6.12. The third-order valence-corrected chi connectivity index (χ3v) is 3.83. The molecule has 0 bridgehead atoms. The van der Waals surface area contributed by atoms with Crippen molar-refractivity contribution in [3.8, 4) is 6.07 Å². The van der Waals surface area contributed by atoms with E-state index in [0.29, 0.717) is 0 Å². The third kappa shape index (κ3) is 2.90. The highest BCUT2D eigenvalue weighted by Crippen LogP contribution is 2.21. The number of rotatable bonds is 3. The number of benzene rings is 1. The quantitative estimate of drug-likeness (QED) is 0.810. The van der Waals surface area contributed by atoms with Gasteiger partial charge in [-0.15, -0.1) is 0 Å². The van der Waals surface area contributed by atoms with Crippen molar-refractivity contribution >= 4 is 0 Å². The van der Waals surface area contributed by atoms with Gasteiger partial charge in [-0.05, 0) is 19.5 Å². The first kappa shape index (κ1) is 13.1. The van der Waals surface area contributed by atoms with Crippen LogP contribution in [0.2, 0.25) is 0 Å². The van der Waals surface area contributed by atoms with Crippen molar-refractivity contribution in [2.75, 3.05) is 33.2 Å². The van der Waals surface area contributed by atoms with E-state index in [4.69, 9.17) is 0 Å². The normalized spacial score (nSPS) is 21.2. The van der Waals surface area contributed by atoms with Crippen LogP contribution in [0, 0.1) is 11.3 Å². The van der Waals surface area contributed by atoms with Gasteiger partial charge >= 0.3 is 0 Å². The van der Waals surface area contributed by atoms with E-state index < -0.39 is 0 Å². The van der Waals surface area contributed by atoms with Gasteiger partial charge in [0, 0.05) is 32.6 Å². The molecule has 1 heterocycles. The molecule has 2 rings (SSSR count). The molecule has 18 heavy (non-hydrogen) atoms. The summed E-state index contributed by atoms with van der Waals surface area (Å²) in [7, 11) is 2.14. The lowest BCUT2D eigenvalue weighted by Crippen LogP contribution is -2.55. The Balaban J connectivity index is 2.09. The Hall–Kier alpha value is -1.37. The minimum atomic E-state index is -0.386. The second-order valence-electron chi connectivity index (χ2n) is 5.34. The molecule has 1 aromatic rings. The minimum Gasteiger partial charge on any atom is -0.304 e. The van der Waals surface area contributed by atoms with Crippen LogP contribution in [0.25, 0.3) is 0 Å². The summed E-state index contributed by atoms with van der Waals surface area (Å²) < 4.78 is 0. The van der Waals surface area contributed by atoms with Gasteiger partial charge in [-0.3, -0.25) is 4.90 Å². The lowest BCUT2D eigenvalue weighted by atomic mass is 9.91. The first-order chi connectivity index (χ1) is 8.64. The molecule has 96 valence electrons. The first-order valence-electron chi connectivity index (χ1n) is 6.53. The van der Waals surface area contributed by atoms with Crippen molar-refractivity contribution in [1.82, 2.24) is 9.80 Å². The van der Waals surface area contributed by atoms with Gasteiger partial charge in [0.25, 0.3) is 0 Å². The van der Waals surface area contributed by atoms with Crippen molar-refractivity contribution in [1.29, 1.82) is 5.26 Å². The Morgan fingerprint density at radius 2 is 1.78 bits per heavy atom. The molecular formula is C15H21N3. The van der Waals surface area contributed by atoms with Gasteiger partial charge in [0.2, 0.25) is 0 Å². The molecule has 0 radical (unpaired) electrons. The molecule has 1 unspecified atom stereocenters. The molecule has 0 spiro atoms. The molecule has 1 fully saturated rings. The fourth-order valence-electron chi connectivity index (χ4n) is 2.52. The molecule has 1 aromatic carbocycles. The van der Waals surface area contributed by atoms with Gasteiger partial charge in [-0.2, -0.15) is 5.26 Å². The third-order valence-electron chi connectivity index (χ3n) is 3.83. The highest BCUT2D eigenvalue weighted by Gasteiger charge is 2.33. The predicted octanol–water partition coefficient (Wildman–Crippen LogP) is 1.76. The van der Waals surface area contributed by atoms with Gasteiger partial charge in [0.15, 0.2) is 0 Å². The molecule has 1 saturated heterocycles. The smallest absolute Gasteiger partial charge is 0.110 e. The van der Waals surface area contributed by atoms with Gasteiger partial charge < -0.3 is 4.90 Å². The average molecular weight is 243 g/mol. The van der Waals surface area contributed by atoms with Crippen LogP contribution in [0.15, 0.2) is 30.3 Å². The Kier molecular flexibility index (Phi) is 4.00. The number of nitriles is 1. The van der Waals surface area contributed by atoms with E-state index in [-0.39, 0.29) is 5.54 Å². The fourth-order valence-corrected chi connectivity index (χ4v) is 2.52. The molecular weight excluding hydrogens is 222 g/mol. The van der Waals surface area contributed by atoms with Crippen molar-refractivity contribution in [3.05, 3.63) is 35.9 Å². The van der Waals surface area contributed by atoms with Gasteiger partial charge in [-0.1, -0.05) is 30.3 Å². The Morgan fingerprint density at radius 1 is 1.17 bits per heavy atom. The van der Waals surface area contributed by atoms with Gasteiger partial charge in [0.1, 0.15) is 5.54 Å². The summed E-state index contributed by atoms with van der Waals surface area (Å²) in [6.07, 6.45) is 0.800. The zero-order valence-electron chi connectivity index (χ0n) is 11.3. The van der Waals surface area contributed by atoms with E-state index in [0.717, 1.165) is 32.6 Å². The Morgan fingerprint density at radius 3 is 2.33 bits per heavy atom. The van der Waals surface area contributed by atoms with Crippen LogP contribution >= 0.6 is 0 Å². The summed E-state index contributed by atoms with van der Waals surface area (Å²) in [4.78, 5) is 4.64. The summed E-state index contributed by atoms with van der Waals surface area (Å²) in [5, 5.41) is 9.56. The van der Waals surface area contributed by atoms with Crippen LogP contribution in [0.5, 0.6) is 0 Å². The standard InChI is InChI=1S/C15H21N3/c1-15(13-16,12-14-6-4-3-5-7-14)18-10-8-17(2)9-11-18/h3-7H,8-12H2,1-2H3. The van der Waals surface area contributed by atoms with E-state index in [9.17, 15) is 5.26 Å². The molecule has 1 aliphatic rings. The Bertz CT molecular complexity index is 415. The number of likely N-dealkylation sites (N-methyl/N-ethyl adjacent to an activating group) is 1. The summed E-state index contributed by atoms with van der Waals surface area (Å²) in [5.41, 5.74) is 0.850. The summed E-state index contributed by atoms with van der Waals surface area (Å²) >= 11 is 0. The molecule has 0 saturated carbocycles. The van der Waals surface area contributed by atoms with E-state index in [1.54, 1.807) is 0 Å². The molecule has 1 aliphatic heterocycles. The highest BCUT2D eigenvalue weighted by molar-refractivity contribution is 5.21. The van der Waals surface area contributed by atoms with Gasteiger partial charge in [0.05, 0.1) is 6.07 Å². The maximum absolute atomic E-state index is 9.56. The van der Waals surface area contributed by atoms with Crippen molar-refractivity contribution in [3.63, 3.8) is 0 Å². The van der Waals surface area contributed by atoms with Gasteiger partial charge in [-0.25, -0.2) is 0 Å². The Labute approximate surface area is 110 Å². The maximum atomic E-state index is 9.56. The van der Waals surface area contributed by atoms with Crippen LogP contribution in [0.4, 0.5) is 0 Å². The molecule has 0 aromatic heterocycles. The molecule has 3 nitrogen and oxygen atoms in total.